The molecule has 0 aromatic carbocycles. The van der Waals surface area contributed by atoms with E-state index in [4.69, 9.17) is 4.74 Å². The van der Waals surface area contributed by atoms with E-state index < -0.39 is 0 Å². The van der Waals surface area contributed by atoms with E-state index in [1.54, 1.807) is 18.6 Å². The summed E-state index contributed by atoms with van der Waals surface area (Å²) in [6.07, 6.45) is 6.70. The molecule has 1 amide bonds. The molecule has 2 aliphatic heterocycles. The van der Waals surface area contributed by atoms with Crippen LogP contribution in [0.1, 0.15) is 19.8 Å². The summed E-state index contributed by atoms with van der Waals surface area (Å²) in [6.45, 7) is 7.54. The molecule has 0 aliphatic carbocycles. The van der Waals surface area contributed by atoms with E-state index in [0.29, 0.717) is 5.88 Å². The second-order valence-corrected chi connectivity index (χ2v) is 6.70. The van der Waals surface area contributed by atoms with Crippen LogP contribution in [-0.4, -0.2) is 89.0 Å². The third kappa shape index (κ3) is 4.21. The number of aromatic nitrogens is 2. The summed E-state index contributed by atoms with van der Waals surface area (Å²) in [7, 11) is 2.13. The van der Waals surface area contributed by atoms with Crippen LogP contribution in [0.3, 0.4) is 0 Å². The molecule has 3 rings (SSSR count). The van der Waals surface area contributed by atoms with Crippen LogP contribution >= 0.6 is 0 Å². The van der Waals surface area contributed by atoms with Crippen LogP contribution in [0.5, 0.6) is 5.88 Å². The molecular weight excluding hydrogens is 306 g/mol. The van der Waals surface area contributed by atoms with Crippen LogP contribution in [0, 0.1) is 0 Å². The average molecular weight is 333 g/mol. The predicted octanol–water partition coefficient (Wildman–Crippen LogP) is 0.482. The van der Waals surface area contributed by atoms with E-state index in [2.05, 4.69) is 26.8 Å². The summed E-state index contributed by atoms with van der Waals surface area (Å²) < 4.78 is 5.84. The van der Waals surface area contributed by atoms with Gasteiger partial charge in [-0.15, -0.1) is 0 Å². The molecule has 0 saturated carbocycles. The van der Waals surface area contributed by atoms with Gasteiger partial charge in [0.05, 0.1) is 12.2 Å². The van der Waals surface area contributed by atoms with Gasteiger partial charge < -0.3 is 14.5 Å². The number of ether oxygens (including phenoxy) is 1. The molecule has 0 spiro atoms. The van der Waals surface area contributed by atoms with Crippen LogP contribution in [0.15, 0.2) is 18.6 Å². The Hall–Kier alpha value is -1.73. The highest BCUT2D eigenvalue weighted by Crippen LogP contribution is 2.18. The smallest absolute Gasteiger partial charge is 0.239 e. The van der Waals surface area contributed by atoms with E-state index in [9.17, 15) is 4.79 Å². The third-order valence-corrected chi connectivity index (χ3v) is 5.02. The lowest BCUT2D eigenvalue weighted by molar-refractivity contribution is -0.138. The number of piperazine rings is 1. The molecule has 2 saturated heterocycles. The molecule has 2 aliphatic rings. The van der Waals surface area contributed by atoms with E-state index in [1.165, 1.54) is 0 Å². The van der Waals surface area contributed by atoms with Gasteiger partial charge in [0.25, 0.3) is 0 Å². The Kier molecular flexibility index (Phi) is 5.63. The highest BCUT2D eigenvalue weighted by molar-refractivity contribution is 5.81. The maximum Gasteiger partial charge on any atom is 0.239 e. The Morgan fingerprint density at radius 1 is 1.17 bits per heavy atom. The molecule has 0 bridgehead atoms. The van der Waals surface area contributed by atoms with Gasteiger partial charge in [-0.2, -0.15) is 0 Å². The van der Waals surface area contributed by atoms with Gasteiger partial charge in [-0.3, -0.25) is 14.7 Å². The first kappa shape index (κ1) is 17.1. The zero-order valence-electron chi connectivity index (χ0n) is 14.6. The summed E-state index contributed by atoms with van der Waals surface area (Å²) >= 11 is 0. The fraction of sp³-hybridized carbons (Fsp3) is 0.706. The number of carbonyl (C=O) groups excluding carboxylic acids is 1. The fourth-order valence-electron chi connectivity index (χ4n) is 3.34. The van der Waals surface area contributed by atoms with Crippen molar-refractivity contribution >= 4 is 5.91 Å². The molecule has 0 unspecified atom stereocenters. The van der Waals surface area contributed by atoms with Crippen molar-refractivity contribution in [3.63, 3.8) is 0 Å². The van der Waals surface area contributed by atoms with Crippen molar-refractivity contribution in [2.24, 2.45) is 0 Å². The Labute approximate surface area is 143 Å². The van der Waals surface area contributed by atoms with Gasteiger partial charge in [-0.05, 0) is 14.0 Å². The predicted molar refractivity (Wildman–Crippen MR) is 90.8 cm³/mol. The van der Waals surface area contributed by atoms with Gasteiger partial charge >= 0.3 is 0 Å². The molecule has 7 nitrogen and oxygen atoms in total. The molecule has 0 N–H and O–H groups in total. The summed E-state index contributed by atoms with van der Waals surface area (Å²) in [5.74, 6) is 0.811. The molecule has 132 valence electrons. The molecule has 0 radical (unpaired) electrons. The minimum absolute atomic E-state index is 0.0313. The number of piperidine rings is 1. The molecule has 1 aromatic heterocycles. The lowest BCUT2D eigenvalue weighted by Crippen LogP contribution is -2.55. The first-order valence-corrected chi connectivity index (χ1v) is 8.77. The molecule has 2 fully saturated rings. The standard InChI is InChI=1S/C17H27N5O2/c1-14(21-11-9-20(2)10-12-21)17(23)22-7-3-15(4-8-22)24-16-13-18-5-6-19-16/h5-6,13-15H,3-4,7-12H2,1-2H3/t14-/m0/s1. The second kappa shape index (κ2) is 7.90. The van der Waals surface area contributed by atoms with Crippen molar-refractivity contribution in [2.75, 3.05) is 46.3 Å². The van der Waals surface area contributed by atoms with Crippen LogP contribution in [0.2, 0.25) is 0 Å². The quantitative estimate of drug-likeness (QED) is 0.799. The van der Waals surface area contributed by atoms with Crippen LogP contribution < -0.4 is 4.74 Å². The normalized spacial score (nSPS) is 22.3. The van der Waals surface area contributed by atoms with Gasteiger partial charge in [0.1, 0.15) is 6.10 Å². The Balaban J connectivity index is 1.46. The highest BCUT2D eigenvalue weighted by Gasteiger charge is 2.31. The number of hydrogen-bond acceptors (Lipinski definition) is 6. The number of likely N-dealkylation sites (tertiary alicyclic amines) is 1. The lowest BCUT2D eigenvalue weighted by Gasteiger charge is -2.39. The SMILES string of the molecule is C[C@@H](C(=O)N1CCC(Oc2cnccn2)CC1)N1CCN(C)CC1. The number of carbonyl (C=O) groups is 1. The van der Waals surface area contributed by atoms with Crippen molar-refractivity contribution in [3.05, 3.63) is 18.6 Å². The van der Waals surface area contributed by atoms with Crippen molar-refractivity contribution in [1.29, 1.82) is 0 Å². The lowest BCUT2D eigenvalue weighted by atomic mass is 10.1. The largest absolute Gasteiger partial charge is 0.473 e. The summed E-state index contributed by atoms with van der Waals surface area (Å²) in [6, 6.07) is -0.0313. The van der Waals surface area contributed by atoms with E-state index in [0.717, 1.165) is 52.1 Å². The third-order valence-electron chi connectivity index (χ3n) is 5.02. The Bertz CT molecular complexity index is 525. The zero-order chi connectivity index (χ0) is 16.9. The van der Waals surface area contributed by atoms with Gasteiger partial charge in [0.2, 0.25) is 11.8 Å². The number of nitrogens with zero attached hydrogens (tertiary/aromatic N) is 5. The second-order valence-electron chi connectivity index (χ2n) is 6.70. The number of likely N-dealkylation sites (N-methyl/N-ethyl adjacent to an activating group) is 1. The molecule has 7 heteroatoms. The van der Waals surface area contributed by atoms with Crippen molar-refractivity contribution in [1.82, 2.24) is 24.7 Å². The van der Waals surface area contributed by atoms with E-state index in [1.807, 2.05) is 11.8 Å². The van der Waals surface area contributed by atoms with Gasteiger partial charge in [0.15, 0.2) is 0 Å². The highest BCUT2D eigenvalue weighted by atomic mass is 16.5. The average Bonchev–Trinajstić information content (AvgIpc) is 2.63. The zero-order valence-corrected chi connectivity index (χ0v) is 14.6. The maximum atomic E-state index is 12.8. The van der Waals surface area contributed by atoms with Gasteiger partial charge in [-0.25, -0.2) is 4.98 Å². The van der Waals surface area contributed by atoms with Crippen molar-refractivity contribution in [2.45, 2.75) is 31.9 Å². The Morgan fingerprint density at radius 3 is 2.50 bits per heavy atom. The fourth-order valence-corrected chi connectivity index (χ4v) is 3.34. The van der Waals surface area contributed by atoms with Crippen molar-refractivity contribution < 1.29 is 9.53 Å². The monoisotopic (exact) mass is 333 g/mol. The molecule has 24 heavy (non-hydrogen) atoms. The minimum atomic E-state index is -0.0313. The van der Waals surface area contributed by atoms with Gasteiger partial charge in [-0.1, -0.05) is 0 Å². The first-order valence-electron chi connectivity index (χ1n) is 8.77. The van der Waals surface area contributed by atoms with Crippen LogP contribution in [0.4, 0.5) is 0 Å². The topological polar surface area (TPSA) is 61.8 Å². The van der Waals surface area contributed by atoms with Crippen molar-refractivity contribution in [3.8, 4) is 5.88 Å². The van der Waals surface area contributed by atoms with E-state index >= 15 is 0 Å². The molecule has 1 atom stereocenters. The van der Waals surface area contributed by atoms with E-state index in [-0.39, 0.29) is 18.1 Å². The maximum absolute atomic E-state index is 12.8. The summed E-state index contributed by atoms with van der Waals surface area (Å²) in [5.41, 5.74) is 0. The number of amides is 1. The first-order chi connectivity index (χ1) is 11.6. The Morgan fingerprint density at radius 2 is 1.88 bits per heavy atom. The molecular formula is C17H27N5O2. The molecule has 3 heterocycles. The van der Waals surface area contributed by atoms with Crippen LogP contribution in [-0.2, 0) is 4.79 Å². The van der Waals surface area contributed by atoms with Crippen LogP contribution in [0.25, 0.3) is 0 Å². The van der Waals surface area contributed by atoms with Gasteiger partial charge in [0, 0.05) is 64.5 Å². The molecule has 1 aromatic rings. The summed E-state index contributed by atoms with van der Waals surface area (Å²) in [5, 5.41) is 0. The number of hydrogen-bond donors (Lipinski definition) is 0. The number of rotatable bonds is 4. The summed E-state index contributed by atoms with van der Waals surface area (Å²) in [4.78, 5) is 27.5. The minimum Gasteiger partial charge on any atom is -0.473 e.